The number of aliphatic hydroxyl groups is 1. The number of amides is 3. The smallest absolute Gasteiger partial charge is 0.326 e. The van der Waals surface area contributed by atoms with Gasteiger partial charge in [-0.25, -0.2) is 9.78 Å². The highest BCUT2D eigenvalue weighted by atomic mass is 16.4. The summed E-state index contributed by atoms with van der Waals surface area (Å²) in [6.07, 6.45) is 3.10. The molecule has 34 heavy (non-hydrogen) atoms. The predicted molar refractivity (Wildman–Crippen MR) is 123 cm³/mol. The molecule has 0 fully saturated rings. The highest BCUT2D eigenvalue weighted by Gasteiger charge is 2.32. The molecule has 1 heterocycles. The quantitative estimate of drug-likeness (QED) is 0.129. The lowest BCUT2D eigenvalue weighted by Crippen LogP contribution is -2.59. The maximum Gasteiger partial charge on any atom is 0.326 e. The number of aromatic amines is 1. The molecule has 0 bridgehead atoms. The van der Waals surface area contributed by atoms with Crippen LogP contribution in [-0.2, 0) is 25.6 Å². The Morgan fingerprint density at radius 3 is 2.18 bits per heavy atom. The topological polar surface area (TPSA) is 226 Å². The zero-order chi connectivity index (χ0) is 25.8. The molecule has 0 spiro atoms. The number of carbonyl (C=O) groups is 4. The summed E-state index contributed by atoms with van der Waals surface area (Å²) < 4.78 is 0. The molecule has 3 amide bonds. The summed E-state index contributed by atoms with van der Waals surface area (Å²) in [4.78, 5) is 56.4. The molecule has 0 saturated carbocycles. The van der Waals surface area contributed by atoms with Crippen molar-refractivity contribution in [3.63, 3.8) is 0 Å². The largest absolute Gasteiger partial charge is 0.480 e. The molecule has 1 aromatic rings. The SMILES string of the molecule is CC(C)C(NC(=O)C(CCCCN)NC(=O)C(N)C(C)O)C(=O)NC(Cc1cnc[nH]1)C(=O)O. The van der Waals surface area contributed by atoms with Crippen molar-refractivity contribution in [3.8, 4) is 0 Å². The van der Waals surface area contributed by atoms with Gasteiger partial charge < -0.3 is 42.6 Å². The third-order valence-electron chi connectivity index (χ3n) is 5.24. The number of imidazole rings is 1. The Kier molecular flexibility index (Phi) is 12.2. The standard InChI is InChI=1S/C21H37N7O6/c1-11(2)17(20(32)27-15(21(33)34)8-13-9-24-10-25-13)28-18(30)14(6-4-5-7-22)26-19(31)16(23)12(3)29/h9-12,14-17,29H,4-8,22-23H2,1-3H3,(H,24,25)(H,26,31)(H,27,32)(H,28,30)(H,33,34). The van der Waals surface area contributed by atoms with Gasteiger partial charge in [-0.2, -0.15) is 0 Å². The number of unbranched alkanes of at least 4 members (excludes halogenated alkanes) is 1. The van der Waals surface area contributed by atoms with Crippen LogP contribution >= 0.6 is 0 Å². The lowest BCUT2D eigenvalue weighted by Gasteiger charge is -2.27. The summed E-state index contributed by atoms with van der Waals surface area (Å²) in [6, 6.07) is -4.54. The number of aliphatic carboxylic acids is 1. The molecule has 0 aromatic carbocycles. The molecule has 1 rings (SSSR count). The first-order chi connectivity index (χ1) is 16.0. The molecule has 192 valence electrons. The van der Waals surface area contributed by atoms with E-state index in [4.69, 9.17) is 11.5 Å². The fourth-order valence-electron chi connectivity index (χ4n) is 3.12. The Morgan fingerprint density at radius 2 is 1.68 bits per heavy atom. The maximum atomic E-state index is 13.0. The van der Waals surface area contributed by atoms with Crippen molar-refractivity contribution in [2.45, 2.75) is 76.7 Å². The minimum Gasteiger partial charge on any atom is -0.480 e. The van der Waals surface area contributed by atoms with Gasteiger partial charge in [-0.15, -0.1) is 0 Å². The van der Waals surface area contributed by atoms with Gasteiger partial charge in [0.1, 0.15) is 24.2 Å². The van der Waals surface area contributed by atoms with E-state index in [9.17, 15) is 29.4 Å². The van der Waals surface area contributed by atoms with E-state index in [1.807, 2.05) is 0 Å². The molecular formula is C21H37N7O6. The summed E-state index contributed by atoms with van der Waals surface area (Å²) in [6.45, 7) is 5.15. The molecule has 13 nitrogen and oxygen atoms in total. The molecule has 5 unspecified atom stereocenters. The highest BCUT2D eigenvalue weighted by molar-refractivity contribution is 5.94. The Balaban J connectivity index is 2.93. The molecule has 0 aliphatic heterocycles. The van der Waals surface area contributed by atoms with Crippen molar-refractivity contribution in [3.05, 3.63) is 18.2 Å². The number of H-pyrrole nitrogens is 1. The van der Waals surface area contributed by atoms with E-state index < -0.39 is 54.0 Å². The summed E-state index contributed by atoms with van der Waals surface area (Å²) in [5, 5.41) is 26.6. The summed E-state index contributed by atoms with van der Waals surface area (Å²) >= 11 is 0. The van der Waals surface area contributed by atoms with Gasteiger partial charge in [0.05, 0.1) is 12.4 Å². The van der Waals surface area contributed by atoms with Gasteiger partial charge in [-0.1, -0.05) is 13.8 Å². The molecule has 10 N–H and O–H groups in total. The fourth-order valence-corrected chi connectivity index (χ4v) is 3.12. The van der Waals surface area contributed by atoms with Crippen LogP contribution in [0.25, 0.3) is 0 Å². The highest BCUT2D eigenvalue weighted by Crippen LogP contribution is 2.08. The molecule has 0 radical (unpaired) electrons. The average molecular weight is 484 g/mol. The van der Waals surface area contributed by atoms with Crippen molar-refractivity contribution < 1.29 is 29.4 Å². The van der Waals surface area contributed by atoms with Crippen LogP contribution in [0.2, 0.25) is 0 Å². The Morgan fingerprint density at radius 1 is 1.03 bits per heavy atom. The van der Waals surface area contributed by atoms with E-state index in [0.29, 0.717) is 25.1 Å². The van der Waals surface area contributed by atoms with Gasteiger partial charge in [0.2, 0.25) is 17.7 Å². The lowest BCUT2D eigenvalue weighted by molar-refractivity contribution is -0.142. The molecule has 0 aliphatic carbocycles. The van der Waals surface area contributed by atoms with Crippen LogP contribution in [0.4, 0.5) is 0 Å². The minimum absolute atomic E-state index is 0.0190. The Labute approximate surface area is 198 Å². The molecule has 13 heteroatoms. The third-order valence-corrected chi connectivity index (χ3v) is 5.24. The number of aromatic nitrogens is 2. The summed E-state index contributed by atoms with van der Waals surface area (Å²) in [5.74, 6) is -3.64. The van der Waals surface area contributed by atoms with Crippen LogP contribution in [0, 0.1) is 5.92 Å². The van der Waals surface area contributed by atoms with E-state index in [2.05, 4.69) is 25.9 Å². The lowest BCUT2D eigenvalue weighted by atomic mass is 10.0. The van der Waals surface area contributed by atoms with Crippen LogP contribution in [0.5, 0.6) is 0 Å². The molecular weight excluding hydrogens is 446 g/mol. The summed E-state index contributed by atoms with van der Waals surface area (Å²) in [7, 11) is 0. The molecule has 5 atom stereocenters. The van der Waals surface area contributed by atoms with E-state index in [1.165, 1.54) is 19.4 Å². The number of aliphatic hydroxyl groups excluding tert-OH is 1. The number of carboxylic acid groups (broad SMARTS) is 1. The Hall–Kier alpha value is -3.03. The van der Waals surface area contributed by atoms with Crippen LogP contribution < -0.4 is 27.4 Å². The van der Waals surface area contributed by atoms with Crippen molar-refractivity contribution in [2.24, 2.45) is 17.4 Å². The number of nitrogens with one attached hydrogen (secondary N) is 4. The normalized spacial score (nSPS) is 15.6. The zero-order valence-electron chi connectivity index (χ0n) is 19.8. The Bertz CT molecular complexity index is 800. The molecule has 0 aliphatic rings. The van der Waals surface area contributed by atoms with E-state index in [0.717, 1.165) is 0 Å². The second-order valence-electron chi connectivity index (χ2n) is 8.52. The van der Waals surface area contributed by atoms with Gasteiger partial charge >= 0.3 is 5.97 Å². The average Bonchev–Trinajstić information content (AvgIpc) is 3.28. The van der Waals surface area contributed by atoms with Crippen molar-refractivity contribution in [1.82, 2.24) is 25.9 Å². The van der Waals surface area contributed by atoms with Gasteiger partial charge in [-0.3, -0.25) is 14.4 Å². The molecule has 0 saturated heterocycles. The zero-order valence-corrected chi connectivity index (χ0v) is 19.8. The number of carbonyl (C=O) groups excluding carboxylic acids is 3. The van der Waals surface area contributed by atoms with E-state index in [-0.39, 0.29) is 18.8 Å². The van der Waals surface area contributed by atoms with Gasteiger partial charge in [0.25, 0.3) is 0 Å². The number of carboxylic acids is 1. The number of hydrogen-bond acceptors (Lipinski definition) is 8. The first-order valence-corrected chi connectivity index (χ1v) is 11.2. The van der Waals surface area contributed by atoms with Crippen LogP contribution in [0.1, 0.15) is 45.7 Å². The first kappa shape index (κ1) is 29.0. The van der Waals surface area contributed by atoms with Crippen molar-refractivity contribution in [2.75, 3.05) is 6.54 Å². The number of nitrogens with two attached hydrogens (primary N) is 2. The molecule has 1 aromatic heterocycles. The second-order valence-corrected chi connectivity index (χ2v) is 8.52. The van der Waals surface area contributed by atoms with Crippen LogP contribution in [0.3, 0.4) is 0 Å². The fraction of sp³-hybridized carbons (Fsp3) is 0.667. The van der Waals surface area contributed by atoms with Gasteiger partial charge in [-0.05, 0) is 38.6 Å². The summed E-state index contributed by atoms with van der Waals surface area (Å²) in [5.41, 5.74) is 11.7. The number of nitrogens with zero attached hydrogens (tertiary/aromatic N) is 1. The third kappa shape index (κ3) is 9.45. The maximum absolute atomic E-state index is 13.0. The van der Waals surface area contributed by atoms with E-state index >= 15 is 0 Å². The minimum atomic E-state index is -1.24. The van der Waals surface area contributed by atoms with Gasteiger partial charge in [0.15, 0.2) is 0 Å². The van der Waals surface area contributed by atoms with Crippen LogP contribution in [-0.4, -0.2) is 80.7 Å². The van der Waals surface area contributed by atoms with E-state index in [1.54, 1.807) is 13.8 Å². The second kappa shape index (κ2) is 14.3. The number of hydrogen-bond donors (Lipinski definition) is 8. The van der Waals surface area contributed by atoms with Gasteiger partial charge in [0, 0.05) is 18.3 Å². The predicted octanol–water partition coefficient (Wildman–Crippen LogP) is -2.02. The van der Waals surface area contributed by atoms with Crippen LogP contribution in [0.15, 0.2) is 12.5 Å². The van der Waals surface area contributed by atoms with Crippen molar-refractivity contribution in [1.29, 1.82) is 0 Å². The van der Waals surface area contributed by atoms with Crippen molar-refractivity contribution >= 4 is 23.7 Å². The number of rotatable bonds is 15. The first-order valence-electron chi connectivity index (χ1n) is 11.2. The monoisotopic (exact) mass is 483 g/mol.